The molecule has 1 fully saturated rings. The maximum atomic E-state index is 13.1. The van der Waals surface area contributed by atoms with Crippen molar-refractivity contribution in [2.45, 2.75) is 19.3 Å². The first-order valence-corrected chi connectivity index (χ1v) is 6.14. The minimum absolute atomic E-state index is 0.119. The molecule has 1 aliphatic rings. The molecule has 4 nitrogen and oxygen atoms in total. The number of benzene rings is 1. The first-order chi connectivity index (χ1) is 8.65. The number of carbonyl (C=O) groups excluding carboxylic acids is 1. The van der Waals surface area contributed by atoms with E-state index in [0.717, 1.165) is 32.0 Å². The van der Waals surface area contributed by atoms with Crippen LogP contribution in [0.4, 0.5) is 10.1 Å². The van der Waals surface area contributed by atoms with Crippen LogP contribution < -0.4 is 10.6 Å². The van der Waals surface area contributed by atoms with Crippen molar-refractivity contribution < 1.29 is 14.3 Å². The van der Waals surface area contributed by atoms with Crippen molar-refractivity contribution >= 4 is 11.6 Å². The summed E-state index contributed by atoms with van der Waals surface area (Å²) in [7, 11) is 0. The molecule has 0 bridgehead atoms. The molecule has 1 aromatic carbocycles. The van der Waals surface area contributed by atoms with Crippen LogP contribution in [0, 0.1) is 11.7 Å². The van der Waals surface area contributed by atoms with Crippen molar-refractivity contribution in [2.24, 2.45) is 5.92 Å². The molecule has 98 valence electrons. The lowest BCUT2D eigenvalue weighted by Gasteiger charge is -2.09. The molecule has 1 saturated heterocycles. The van der Waals surface area contributed by atoms with Crippen LogP contribution in [0.2, 0.25) is 0 Å². The van der Waals surface area contributed by atoms with Crippen LogP contribution in [0.1, 0.15) is 19.3 Å². The fourth-order valence-corrected chi connectivity index (χ4v) is 2.10. The minimum Gasteiger partial charge on any atom is -0.505 e. The van der Waals surface area contributed by atoms with Crippen molar-refractivity contribution in [1.82, 2.24) is 5.32 Å². The summed E-state index contributed by atoms with van der Waals surface area (Å²) < 4.78 is 13.1. The highest BCUT2D eigenvalue weighted by molar-refractivity contribution is 5.90. The average molecular weight is 252 g/mol. The highest BCUT2D eigenvalue weighted by Crippen LogP contribution is 2.20. The molecule has 0 aliphatic carbocycles. The maximum Gasteiger partial charge on any atom is 0.224 e. The molecule has 1 unspecified atom stereocenters. The largest absolute Gasteiger partial charge is 0.505 e. The third-order valence-electron chi connectivity index (χ3n) is 3.17. The molecule has 18 heavy (non-hydrogen) atoms. The molecule has 1 heterocycles. The Morgan fingerprint density at radius 3 is 3.06 bits per heavy atom. The SMILES string of the molecule is O=C(CCC1CCNC1)Nc1ccc(O)c(F)c1. The number of hydrogen-bond acceptors (Lipinski definition) is 3. The summed E-state index contributed by atoms with van der Waals surface area (Å²) in [5.41, 5.74) is 0.375. The first kappa shape index (κ1) is 12.8. The topological polar surface area (TPSA) is 61.4 Å². The molecule has 5 heteroatoms. The van der Waals surface area contributed by atoms with E-state index in [0.29, 0.717) is 18.0 Å². The van der Waals surface area contributed by atoms with Crippen molar-refractivity contribution in [1.29, 1.82) is 0 Å². The lowest BCUT2D eigenvalue weighted by molar-refractivity contribution is -0.116. The molecule has 1 aliphatic heterocycles. The van der Waals surface area contributed by atoms with Crippen LogP contribution in [-0.2, 0) is 4.79 Å². The van der Waals surface area contributed by atoms with E-state index in [1.54, 1.807) is 0 Å². The Kier molecular flexibility index (Phi) is 4.15. The number of halogens is 1. The predicted molar refractivity (Wildman–Crippen MR) is 66.9 cm³/mol. The van der Waals surface area contributed by atoms with Gasteiger partial charge in [0.2, 0.25) is 5.91 Å². The Bertz CT molecular complexity index is 431. The number of amides is 1. The molecule has 1 amide bonds. The lowest BCUT2D eigenvalue weighted by Crippen LogP contribution is -2.15. The van der Waals surface area contributed by atoms with Gasteiger partial charge in [-0.05, 0) is 44.0 Å². The third-order valence-corrected chi connectivity index (χ3v) is 3.17. The lowest BCUT2D eigenvalue weighted by atomic mass is 10.0. The predicted octanol–water partition coefficient (Wildman–Crippen LogP) is 1.86. The monoisotopic (exact) mass is 252 g/mol. The second-order valence-electron chi connectivity index (χ2n) is 4.61. The fourth-order valence-electron chi connectivity index (χ4n) is 2.10. The van der Waals surface area contributed by atoms with Crippen LogP contribution in [0.3, 0.4) is 0 Å². The highest BCUT2D eigenvalue weighted by atomic mass is 19.1. The Morgan fingerprint density at radius 2 is 2.39 bits per heavy atom. The van der Waals surface area contributed by atoms with Gasteiger partial charge in [-0.1, -0.05) is 0 Å². The van der Waals surface area contributed by atoms with Crippen molar-refractivity contribution in [3.8, 4) is 5.75 Å². The molecule has 1 aromatic rings. The van der Waals surface area contributed by atoms with Gasteiger partial charge in [0.25, 0.3) is 0 Å². The number of rotatable bonds is 4. The maximum absolute atomic E-state index is 13.1. The van der Waals surface area contributed by atoms with E-state index in [1.807, 2.05) is 0 Å². The Hall–Kier alpha value is -1.62. The molecular weight excluding hydrogens is 235 g/mol. The van der Waals surface area contributed by atoms with Crippen molar-refractivity contribution in [3.05, 3.63) is 24.0 Å². The molecule has 1 atom stereocenters. The molecule has 3 N–H and O–H groups in total. The van der Waals surface area contributed by atoms with Gasteiger partial charge in [-0.25, -0.2) is 4.39 Å². The van der Waals surface area contributed by atoms with Gasteiger partial charge in [-0.3, -0.25) is 4.79 Å². The zero-order chi connectivity index (χ0) is 13.0. The van der Waals surface area contributed by atoms with Crippen LogP contribution >= 0.6 is 0 Å². The third kappa shape index (κ3) is 3.43. The molecular formula is C13H17FN2O2. The summed E-state index contributed by atoms with van der Waals surface area (Å²) >= 11 is 0. The van der Waals surface area contributed by atoms with Gasteiger partial charge in [-0.2, -0.15) is 0 Å². The van der Waals surface area contributed by atoms with E-state index in [4.69, 9.17) is 5.11 Å². The fraction of sp³-hybridized carbons (Fsp3) is 0.462. The van der Waals surface area contributed by atoms with Crippen LogP contribution in [0.25, 0.3) is 0 Å². The van der Waals surface area contributed by atoms with Gasteiger partial charge in [-0.15, -0.1) is 0 Å². The summed E-state index contributed by atoms with van der Waals surface area (Å²) in [5.74, 6) is -0.697. The van der Waals surface area contributed by atoms with Gasteiger partial charge in [0.05, 0.1) is 0 Å². The Morgan fingerprint density at radius 1 is 1.56 bits per heavy atom. The number of anilines is 1. The van der Waals surface area contributed by atoms with E-state index in [1.165, 1.54) is 12.1 Å². The van der Waals surface area contributed by atoms with E-state index in [-0.39, 0.29) is 5.91 Å². The number of nitrogens with one attached hydrogen (secondary N) is 2. The first-order valence-electron chi connectivity index (χ1n) is 6.14. The van der Waals surface area contributed by atoms with E-state index < -0.39 is 11.6 Å². The average Bonchev–Trinajstić information content (AvgIpc) is 2.84. The molecule has 0 saturated carbocycles. The number of aromatic hydroxyl groups is 1. The Labute approximate surface area is 105 Å². The highest BCUT2D eigenvalue weighted by Gasteiger charge is 2.15. The van der Waals surface area contributed by atoms with E-state index in [9.17, 15) is 9.18 Å². The second-order valence-corrected chi connectivity index (χ2v) is 4.61. The van der Waals surface area contributed by atoms with Gasteiger partial charge in [0.15, 0.2) is 11.6 Å². The molecule has 0 aromatic heterocycles. The minimum atomic E-state index is -0.729. The number of phenolic OH excluding ortho intramolecular Hbond substituents is 1. The summed E-state index contributed by atoms with van der Waals surface area (Å²) in [4.78, 5) is 11.6. The van der Waals surface area contributed by atoms with Crippen LogP contribution in [-0.4, -0.2) is 24.1 Å². The number of phenols is 1. The quantitative estimate of drug-likeness (QED) is 0.717. The van der Waals surface area contributed by atoms with Crippen molar-refractivity contribution in [3.63, 3.8) is 0 Å². The van der Waals surface area contributed by atoms with Gasteiger partial charge in [0, 0.05) is 18.2 Å². The summed E-state index contributed by atoms with van der Waals surface area (Å²) in [6.07, 6.45) is 2.40. The van der Waals surface area contributed by atoms with E-state index >= 15 is 0 Å². The van der Waals surface area contributed by atoms with Crippen LogP contribution in [0.5, 0.6) is 5.75 Å². The van der Waals surface area contributed by atoms with Crippen LogP contribution in [0.15, 0.2) is 18.2 Å². The van der Waals surface area contributed by atoms with E-state index in [2.05, 4.69) is 10.6 Å². The smallest absolute Gasteiger partial charge is 0.224 e. The zero-order valence-corrected chi connectivity index (χ0v) is 10.1. The van der Waals surface area contributed by atoms with Crippen molar-refractivity contribution in [2.75, 3.05) is 18.4 Å². The Balaban J connectivity index is 1.80. The summed E-state index contributed by atoms with van der Waals surface area (Å²) in [6.45, 7) is 2.00. The number of carbonyl (C=O) groups is 1. The second kappa shape index (κ2) is 5.82. The molecule has 0 radical (unpaired) electrons. The molecule has 0 spiro atoms. The van der Waals surface area contributed by atoms with Gasteiger partial charge in [0.1, 0.15) is 0 Å². The van der Waals surface area contributed by atoms with Gasteiger partial charge < -0.3 is 15.7 Å². The standard InChI is InChI=1S/C13H17FN2O2/c14-11-7-10(2-3-12(11)17)16-13(18)4-1-9-5-6-15-8-9/h2-3,7,9,15,17H,1,4-6,8H2,(H,16,18). The summed E-state index contributed by atoms with van der Waals surface area (Å²) in [5, 5.41) is 14.9. The number of hydrogen-bond donors (Lipinski definition) is 3. The zero-order valence-electron chi connectivity index (χ0n) is 10.1. The van der Waals surface area contributed by atoms with Gasteiger partial charge >= 0.3 is 0 Å². The molecule has 2 rings (SSSR count). The summed E-state index contributed by atoms with van der Waals surface area (Å²) in [6, 6.07) is 3.82. The normalized spacial score (nSPS) is 18.8.